The molecule has 0 radical (unpaired) electrons. The van der Waals surface area contributed by atoms with Gasteiger partial charge in [-0.25, -0.2) is 0 Å². The van der Waals surface area contributed by atoms with Crippen molar-refractivity contribution < 1.29 is 0 Å². The molecule has 1 aliphatic carbocycles. The SMILES string of the molecule is CCCc1ccc(NC(=S)NC2CCCC2)cc1. The van der Waals surface area contributed by atoms with Gasteiger partial charge in [0.1, 0.15) is 0 Å². The van der Waals surface area contributed by atoms with Crippen LogP contribution in [0.15, 0.2) is 24.3 Å². The van der Waals surface area contributed by atoms with Crippen molar-refractivity contribution in [1.82, 2.24) is 5.32 Å². The average Bonchev–Trinajstić information content (AvgIpc) is 2.84. The standard InChI is InChI=1S/C15H22N2S/c1-2-5-12-8-10-14(11-9-12)17-15(18)16-13-6-3-4-7-13/h8-11,13H,2-7H2,1H3,(H2,16,17,18). The maximum absolute atomic E-state index is 5.33. The third-order valence-electron chi connectivity index (χ3n) is 3.44. The predicted molar refractivity (Wildman–Crippen MR) is 82.0 cm³/mol. The molecule has 0 spiro atoms. The molecule has 0 amide bonds. The van der Waals surface area contributed by atoms with Gasteiger partial charge in [-0.15, -0.1) is 0 Å². The van der Waals surface area contributed by atoms with Gasteiger partial charge in [0.2, 0.25) is 0 Å². The van der Waals surface area contributed by atoms with Crippen LogP contribution in [0.1, 0.15) is 44.6 Å². The van der Waals surface area contributed by atoms with Crippen LogP contribution in [0.2, 0.25) is 0 Å². The molecule has 98 valence electrons. The van der Waals surface area contributed by atoms with E-state index in [4.69, 9.17) is 12.2 Å². The molecule has 0 unspecified atom stereocenters. The zero-order valence-electron chi connectivity index (χ0n) is 11.0. The molecule has 0 saturated heterocycles. The van der Waals surface area contributed by atoms with Crippen molar-refractivity contribution in [2.75, 3.05) is 5.32 Å². The molecule has 1 fully saturated rings. The van der Waals surface area contributed by atoms with E-state index in [-0.39, 0.29) is 0 Å². The lowest BCUT2D eigenvalue weighted by molar-refractivity contribution is 0.634. The molecule has 18 heavy (non-hydrogen) atoms. The van der Waals surface area contributed by atoms with Crippen molar-refractivity contribution in [2.24, 2.45) is 0 Å². The second kappa shape index (κ2) is 6.74. The first kappa shape index (κ1) is 13.3. The molecular formula is C15H22N2S. The van der Waals surface area contributed by atoms with Gasteiger partial charge in [-0.3, -0.25) is 0 Å². The molecule has 0 heterocycles. The lowest BCUT2D eigenvalue weighted by Gasteiger charge is -2.15. The number of thiocarbonyl (C=S) groups is 1. The lowest BCUT2D eigenvalue weighted by atomic mass is 10.1. The Morgan fingerprint density at radius 2 is 1.89 bits per heavy atom. The number of anilines is 1. The maximum atomic E-state index is 5.33. The Kier molecular flexibility index (Phi) is 5.00. The molecule has 1 aliphatic rings. The molecule has 2 rings (SSSR count). The van der Waals surface area contributed by atoms with Crippen LogP contribution >= 0.6 is 12.2 Å². The molecule has 0 bridgehead atoms. The molecule has 0 aliphatic heterocycles. The van der Waals surface area contributed by atoms with Crippen LogP contribution in [0.4, 0.5) is 5.69 Å². The van der Waals surface area contributed by atoms with Crippen molar-refractivity contribution in [2.45, 2.75) is 51.5 Å². The minimum Gasteiger partial charge on any atom is -0.360 e. The normalized spacial score (nSPS) is 15.6. The lowest BCUT2D eigenvalue weighted by Crippen LogP contribution is -2.35. The number of rotatable bonds is 4. The average molecular weight is 262 g/mol. The second-order valence-corrected chi connectivity index (χ2v) is 5.44. The van der Waals surface area contributed by atoms with E-state index in [1.807, 2.05) is 0 Å². The van der Waals surface area contributed by atoms with Crippen LogP contribution < -0.4 is 10.6 Å². The molecule has 2 N–H and O–H groups in total. The van der Waals surface area contributed by atoms with Crippen molar-refractivity contribution in [3.8, 4) is 0 Å². The Labute approximate surface area is 115 Å². The third-order valence-corrected chi connectivity index (χ3v) is 3.66. The highest BCUT2D eigenvalue weighted by molar-refractivity contribution is 7.80. The van der Waals surface area contributed by atoms with Gasteiger partial charge < -0.3 is 10.6 Å². The number of benzene rings is 1. The number of hydrogen-bond acceptors (Lipinski definition) is 1. The smallest absolute Gasteiger partial charge is 0.170 e. The summed E-state index contributed by atoms with van der Waals surface area (Å²) in [7, 11) is 0. The number of aryl methyl sites for hydroxylation is 1. The Bertz CT molecular complexity index is 380. The Hall–Kier alpha value is -1.09. The summed E-state index contributed by atoms with van der Waals surface area (Å²) in [6.07, 6.45) is 7.48. The maximum Gasteiger partial charge on any atom is 0.170 e. The fourth-order valence-corrected chi connectivity index (χ4v) is 2.75. The van der Waals surface area contributed by atoms with Crippen molar-refractivity contribution in [1.29, 1.82) is 0 Å². The van der Waals surface area contributed by atoms with Gasteiger partial charge in [0.05, 0.1) is 0 Å². The first-order chi connectivity index (χ1) is 8.78. The fourth-order valence-electron chi connectivity index (χ4n) is 2.47. The summed E-state index contributed by atoms with van der Waals surface area (Å²) in [5.74, 6) is 0. The molecule has 3 heteroatoms. The zero-order valence-corrected chi connectivity index (χ0v) is 11.9. The Balaban J connectivity index is 1.82. The highest BCUT2D eigenvalue weighted by atomic mass is 32.1. The van der Waals surface area contributed by atoms with E-state index in [1.165, 1.54) is 37.7 Å². The Morgan fingerprint density at radius 1 is 1.22 bits per heavy atom. The van der Waals surface area contributed by atoms with Crippen LogP contribution in [-0.4, -0.2) is 11.2 Å². The minimum atomic E-state index is 0.573. The van der Waals surface area contributed by atoms with Crippen LogP contribution in [0.25, 0.3) is 0 Å². The van der Waals surface area contributed by atoms with E-state index in [2.05, 4.69) is 41.8 Å². The van der Waals surface area contributed by atoms with Crippen molar-refractivity contribution in [3.63, 3.8) is 0 Å². The summed E-state index contributed by atoms with van der Waals surface area (Å²) in [6, 6.07) is 9.12. The highest BCUT2D eigenvalue weighted by Gasteiger charge is 2.15. The van der Waals surface area contributed by atoms with Gasteiger partial charge >= 0.3 is 0 Å². The Morgan fingerprint density at radius 3 is 2.50 bits per heavy atom. The summed E-state index contributed by atoms with van der Waals surface area (Å²) in [5, 5.41) is 7.40. The summed E-state index contributed by atoms with van der Waals surface area (Å²) < 4.78 is 0. The van der Waals surface area contributed by atoms with Crippen LogP contribution in [-0.2, 0) is 6.42 Å². The van der Waals surface area contributed by atoms with Crippen LogP contribution in [0.5, 0.6) is 0 Å². The van der Waals surface area contributed by atoms with Gasteiger partial charge in [-0.2, -0.15) is 0 Å². The molecule has 1 aromatic rings. The predicted octanol–water partition coefficient (Wildman–Crippen LogP) is 3.87. The molecule has 0 aromatic heterocycles. The van der Waals surface area contributed by atoms with E-state index in [9.17, 15) is 0 Å². The summed E-state index contributed by atoms with van der Waals surface area (Å²) >= 11 is 5.33. The van der Waals surface area contributed by atoms with Crippen LogP contribution in [0, 0.1) is 0 Å². The highest BCUT2D eigenvalue weighted by Crippen LogP contribution is 2.18. The minimum absolute atomic E-state index is 0.573. The van der Waals surface area contributed by atoms with Gasteiger partial charge in [0.25, 0.3) is 0 Å². The molecule has 0 atom stereocenters. The van der Waals surface area contributed by atoms with Crippen molar-refractivity contribution >= 4 is 23.0 Å². The van der Waals surface area contributed by atoms with Crippen molar-refractivity contribution in [3.05, 3.63) is 29.8 Å². The third kappa shape index (κ3) is 3.98. The van der Waals surface area contributed by atoms with Gasteiger partial charge in [-0.05, 0) is 49.2 Å². The van der Waals surface area contributed by atoms with Gasteiger partial charge in [0.15, 0.2) is 5.11 Å². The van der Waals surface area contributed by atoms with E-state index >= 15 is 0 Å². The summed E-state index contributed by atoms with van der Waals surface area (Å²) in [6.45, 7) is 2.20. The van der Waals surface area contributed by atoms with E-state index in [1.54, 1.807) is 0 Å². The molecular weight excluding hydrogens is 240 g/mol. The summed E-state index contributed by atoms with van der Waals surface area (Å²) in [5.41, 5.74) is 2.46. The number of nitrogens with one attached hydrogen (secondary N) is 2. The fraction of sp³-hybridized carbons (Fsp3) is 0.533. The summed E-state index contributed by atoms with van der Waals surface area (Å²) in [4.78, 5) is 0. The van der Waals surface area contributed by atoms with Crippen LogP contribution in [0.3, 0.4) is 0 Å². The van der Waals surface area contributed by atoms with E-state index in [0.717, 1.165) is 17.2 Å². The van der Waals surface area contributed by atoms with Gasteiger partial charge in [-0.1, -0.05) is 38.3 Å². The zero-order chi connectivity index (χ0) is 12.8. The first-order valence-electron chi connectivity index (χ1n) is 6.94. The second-order valence-electron chi connectivity index (χ2n) is 5.03. The first-order valence-corrected chi connectivity index (χ1v) is 7.35. The van der Waals surface area contributed by atoms with E-state index < -0.39 is 0 Å². The topological polar surface area (TPSA) is 24.1 Å². The molecule has 1 aromatic carbocycles. The number of hydrogen-bond donors (Lipinski definition) is 2. The largest absolute Gasteiger partial charge is 0.360 e. The molecule has 1 saturated carbocycles. The van der Waals surface area contributed by atoms with Gasteiger partial charge in [0, 0.05) is 11.7 Å². The molecule has 2 nitrogen and oxygen atoms in total. The monoisotopic (exact) mass is 262 g/mol. The quantitative estimate of drug-likeness (QED) is 0.806. The van der Waals surface area contributed by atoms with E-state index in [0.29, 0.717) is 6.04 Å².